The van der Waals surface area contributed by atoms with Gasteiger partial charge in [0.25, 0.3) is 0 Å². The Balaban J connectivity index is 1.96. The maximum Gasteiger partial charge on any atom is 0.0678 e. The summed E-state index contributed by atoms with van der Waals surface area (Å²) in [6.07, 6.45) is 0.659. The third-order valence-corrected chi connectivity index (χ3v) is 3.07. The zero-order valence-corrected chi connectivity index (χ0v) is 10.6. The molecule has 0 saturated carbocycles. The van der Waals surface area contributed by atoms with Gasteiger partial charge in [0, 0.05) is 24.7 Å². The molecule has 0 radical (unpaired) electrons. The molecule has 0 unspecified atom stereocenters. The van der Waals surface area contributed by atoms with Crippen molar-refractivity contribution in [3.8, 4) is 0 Å². The van der Waals surface area contributed by atoms with E-state index in [0.29, 0.717) is 12.2 Å². The highest BCUT2D eigenvalue weighted by atomic mass is 35.5. The standard InChI is InChI=1S/C13H18ClNO/c1-10-7-15(8-11(2)16-10)9-12-3-5-13(14)6-4-12/h3-6,10-11H,7-9H2,1-2H3/t10-,11-/m1/s1. The Bertz CT molecular complexity index is 328. The zero-order valence-electron chi connectivity index (χ0n) is 9.82. The fourth-order valence-corrected chi connectivity index (χ4v) is 2.39. The van der Waals surface area contributed by atoms with Gasteiger partial charge in [-0.15, -0.1) is 0 Å². The van der Waals surface area contributed by atoms with E-state index in [1.807, 2.05) is 12.1 Å². The lowest BCUT2D eigenvalue weighted by Crippen LogP contribution is -2.44. The summed E-state index contributed by atoms with van der Waals surface area (Å²) in [4.78, 5) is 2.43. The largest absolute Gasteiger partial charge is 0.373 e. The molecular weight excluding hydrogens is 222 g/mol. The van der Waals surface area contributed by atoms with Crippen LogP contribution in [0, 0.1) is 0 Å². The quantitative estimate of drug-likeness (QED) is 0.787. The van der Waals surface area contributed by atoms with E-state index in [1.54, 1.807) is 0 Å². The molecule has 0 spiro atoms. The summed E-state index contributed by atoms with van der Waals surface area (Å²) in [5, 5.41) is 0.799. The smallest absolute Gasteiger partial charge is 0.0678 e. The van der Waals surface area contributed by atoms with Crippen molar-refractivity contribution in [3.05, 3.63) is 34.9 Å². The molecule has 3 heteroatoms. The molecule has 0 N–H and O–H groups in total. The van der Waals surface area contributed by atoms with E-state index in [2.05, 4.69) is 30.9 Å². The van der Waals surface area contributed by atoms with Gasteiger partial charge in [-0.3, -0.25) is 4.90 Å². The molecule has 0 aliphatic carbocycles. The monoisotopic (exact) mass is 239 g/mol. The second-order valence-corrected chi connectivity index (χ2v) is 5.01. The molecule has 1 aliphatic heterocycles. The van der Waals surface area contributed by atoms with Crippen LogP contribution in [0.1, 0.15) is 19.4 Å². The van der Waals surface area contributed by atoms with Crippen LogP contribution < -0.4 is 0 Å². The minimum atomic E-state index is 0.330. The van der Waals surface area contributed by atoms with Crippen molar-refractivity contribution < 1.29 is 4.74 Å². The van der Waals surface area contributed by atoms with E-state index in [4.69, 9.17) is 16.3 Å². The summed E-state index contributed by atoms with van der Waals surface area (Å²) in [5.41, 5.74) is 1.31. The molecule has 1 saturated heterocycles. The minimum Gasteiger partial charge on any atom is -0.373 e. The fourth-order valence-electron chi connectivity index (χ4n) is 2.26. The third-order valence-electron chi connectivity index (χ3n) is 2.81. The molecule has 16 heavy (non-hydrogen) atoms. The SMILES string of the molecule is C[C@@H]1CN(Cc2ccc(Cl)cc2)C[C@@H](C)O1. The van der Waals surface area contributed by atoms with Crippen LogP contribution in [-0.2, 0) is 11.3 Å². The van der Waals surface area contributed by atoms with Crippen LogP contribution >= 0.6 is 11.6 Å². The maximum absolute atomic E-state index is 5.87. The molecule has 88 valence electrons. The van der Waals surface area contributed by atoms with E-state index in [-0.39, 0.29) is 0 Å². The molecule has 1 fully saturated rings. The number of hydrogen-bond donors (Lipinski definition) is 0. The molecule has 0 aromatic heterocycles. The van der Waals surface area contributed by atoms with Crippen molar-refractivity contribution in [2.75, 3.05) is 13.1 Å². The predicted molar refractivity (Wildman–Crippen MR) is 66.7 cm³/mol. The minimum absolute atomic E-state index is 0.330. The van der Waals surface area contributed by atoms with Gasteiger partial charge in [0.1, 0.15) is 0 Å². The Labute approximate surface area is 102 Å². The lowest BCUT2D eigenvalue weighted by Gasteiger charge is -2.35. The van der Waals surface area contributed by atoms with E-state index >= 15 is 0 Å². The first-order chi connectivity index (χ1) is 7.63. The normalized spacial score (nSPS) is 26.9. The number of hydrogen-bond acceptors (Lipinski definition) is 2. The summed E-state index contributed by atoms with van der Waals surface area (Å²) in [6.45, 7) is 7.25. The molecule has 2 atom stereocenters. The van der Waals surface area contributed by atoms with Crippen LogP contribution in [0.2, 0.25) is 5.02 Å². The van der Waals surface area contributed by atoms with Crippen molar-refractivity contribution in [2.24, 2.45) is 0 Å². The highest BCUT2D eigenvalue weighted by molar-refractivity contribution is 6.30. The van der Waals surface area contributed by atoms with Gasteiger partial charge in [0.05, 0.1) is 12.2 Å². The molecule has 1 heterocycles. The fraction of sp³-hybridized carbons (Fsp3) is 0.538. The van der Waals surface area contributed by atoms with Crippen LogP contribution in [-0.4, -0.2) is 30.2 Å². The lowest BCUT2D eigenvalue weighted by atomic mass is 10.1. The highest BCUT2D eigenvalue weighted by Crippen LogP contribution is 2.15. The molecule has 2 nitrogen and oxygen atoms in total. The predicted octanol–water partition coefficient (Wildman–Crippen LogP) is 2.95. The Hall–Kier alpha value is -0.570. The highest BCUT2D eigenvalue weighted by Gasteiger charge is 2.21. The van der Waals surface area contributed by atoms with Gasteiger partial charge in [-0.25, -0.2) is 0 Å². The summed E-state index contributed by atoms with van der Waals surface area (Å²) in [6, 6.07) is 8.08. The van der Waals surface area contributed by atoms with Crippen molar-refractivity contribution in [1.29, 1.82) is 0 Å². The third kappa shape index (κ3) is 3.21. The average molecular weight is 240 g/mol. The lowest BCUT2D eigenvalue weighted by molar-refractivity contribution is -0.0704. The van der Waals surface area contributed by atoms with Gasteiger partial charge in [0.2, 0.25) is 0 Å². The van der Waals surface area contributed by atoms with Gasteiger partial charge in [0.15, 0.2) is 0 Å². The second-order valence-electron chi connectivity index (χ2n) is 4.58. The number of benzene rings is 1. The Morgan fingerprint density at radius 3 is 2.31 bits per heavy atom. The first kappa shape index (κ1) is 11.9. The molecule has 1 aliphatic rings. The van der Waals surface area contributed by atoms with Crippen molar-refractivity contribution >= 4 is 11.6 Å². The summed E-state index contributed by atoms with van der Waals surface area (Å²) in [5.74, 6) is 0. The first-order valence-electron chi connectivity index (χ1n) is 5.76. The van der Waals surface area contributed by atoms with Crippen LogP contribution in [0.3, 0.4) is 0 Å². The number of ether oxygens (including phenoxy) is 1. The maximum atomic E-state index is 5.87. The van der Waals surface area contributed by atoms with Crippen molar-refractivity contribution in [1.82, 2.24) is 4.90 Å². The molecule has 2 rings (SSSR count). The Kier molecular flexibility index (Phi) is 3.85. The molecule has 0 bridgehead atoms. The van der Waals surface area contributed by atoms with Crippen LogP contribution in [0.15, 0.2) is 24.3 Å². The van der Waals surface area contributed by atoms with Gasteiger partial charge in [-0.2, -0.15) is 0 Å². The van der Waals surface area contributed by atoms with Crippen molar-refractivity contribution in [3.63, 3.8) is 0 Å². The number of rotatable bonds is 2. The van der Waals surface area contributed by atoms with Crippen LogP contribution in [0.25, 0.3) is 0 Å². The molecule has 1 aromatic carbocycles. The average Bonchev–Trinajstić information content (AvgIpc) is 2.20. The topological polar surface area (TPSA) is 12.5 Å². The van der Waals surface area contributed by atoms with Crippen LogP contribution in [0.4, 0.5) is 0 Å². The van der Waals surface area contributed by atoms with Gasteiger partial charge >= 0.3 is 0 Å². The van der Waals surface area contributed by atoms with E-state index < -0.39 is 0 Å². The molecule has 0 amide bonds. The van der Waals surface area contributed by atoms with Gasteiger partial charge < -0.3 is 4.74 Å². The summed E-state index contributed by atoms with van der Waals surface area (Å²) >= 11 is 5.87. The molecular formula is C13H18ClNO. The van der Waals surface area contributed by atoms with Gasteiger partial charge in [-0.1, -0.05) is 23.7 Å². The number of nitrogens with zero attached hydrogens (tertiary/aromatic N) is 1. The molecule has 1 aromatic rings. The number of morpholine rings is 1. The summed E-state index contributed by atoms with van der Waals surface area (Å²) in [7, 11) is 0. The Morgan fingerprint density at radius 2 is 1.75 bits per heavy atom. The van der Waals surface area contributed by atoms with E-state index in [0.717, 1.165) is 24.7 Å². The van der Waals surface area contributed by atoms with E-state index in [1.165, 1.54) is 5.56 Å². The van der Waals surface area contributed by atoms with E-state index in [9.17, 15) is 0 Å². The number of halogens is 1. The summed E-state index contributed by atoms with van der Waals surface area (Å²) < 4.78 is 5.71. The van der Waals surface area contributed by atoms with Crippen molar-refractivity contribution in [2.45, 2.75) is 32.6 Å². The second kappa shape index (κ2) is 5.17. The Morgan fingerprint density at radius 1 is 1.19 bits per heavy atom. The first-order valence-corrected chi connectivity index (χ1v) is 6.13. The van der Waals surface area contributed by atoms with Gasteiger partial charge in [-0.05, 0) is 31.5 Å². The van der Waals surface area contributed by atoms with Crippen LogP contribution in [0.5, 0.6) is 0 Å². The zero-order chi connectivity index (χ0) is 11.5.